The molecule has 0 aliphatic carbocycles. The molecule has 0 fully saturated rings. The van der Waals surface area contributed by atoms with Crippen molar-refractivity contribution in [2.24, 2.45) is 5.41 Å². The quantitative estimate of drug-likeness (QED) is 0.653. The maximum Gasteiger partial charge on any atom is 0.127 e. The van der Waals surface area contributed by atoms with Gasteiger partial charge in [0, 0.05) is 5.41 Å². The molecular formula is C17H24O2. The maximum absolute atomic E-state index is 10.8. The van der Waals surface area contributed by atoms with Gasteiger partial charge in [-0.2, -0.15) is 0 Å². The van der Waals surface area contributed by atoms with Crippen molar-refractivity contribution in [2.75, 3.05) is 6.61 Å². The van der Waals surface area contributed by atoms with Crippen LogP contribution in [0, 0.1) is 5.41 Å². The van der Waals surface area contributed by atoms with E-state index in [1.807, 2.05) is 26.0 Å². The van der Waals surface area contributed by atoms with Crippen LogP contribution in [0.5, 0.6) is 0 Å². The van der Waals surface area contributed by atoms with Gasteiger partial charge in [-0.25, -0.2) is 0 Å². The molecule has 0 radical (unpaired) electrons. The van der Waals surface area contributed by atoms with Crippen LogP contribution < -0.4 is 0 Å². The summed E-state index contributed by atoms with van der Waals surface area (Å²) in [5, 5.41) is 0. The predicted molar refractivity (Wildman–Crippen MR) is 79.9 cm³/mol. The highest BCUT2D eigenvalue weighted by Gasteiger charge is 2.16. The van der Waals surface area contributed by atoms with E-state index in [0.717, 1.165) is 24.7 Å². The number of carbonyl (C=O) groups is 1. The minimum absolute atomic E-state index is 0.410. The van der Waals surface area contributed by atoms with Crippen molar-refractivity contribution in [1.82, 2.24) is 0 Å². The molecule has 0 unspecified atom stereocenters. The lowest BCUT2D eigenvalue weighted by molar-refractivity contribution is -0.117. The third-order valence-corrected chi connectivity index (χ3v) is 2.86. The van der Waals surface area contributed by atoms with Gasteiger partial charge in [0.1, 0.15) is 6.29 Å². The second kappa shape index (κ2) is 7.90. The van der Waals surface area contributed by atoms with Crippen LogP contribution in [0.1, 0.15) is 44.7 Å². The van der Waals surface area contributed by atoms with Gasteiger partial charge in [-0.1, -0.05) is 63.6 Å². The third kappa shape index (κ3) is 5.84. The smallest absolute Gasteiger partial charge is 0.127 e. The van der Waals surface area contributed by atoms with Crippen molar-refractivity contribution in [3.05, 3.63) is 41.5 Å². The van der Waals surface area contributed by atoms with E-state index < -0.39 is 5.41 Å². The minimum Gasteiger partial charge on any atom is -0.376 e. The van der Waals surface area contributed by atoms with E-state index in [2.05, 4.69) is 31.2 Å². The van der Waals surface area contributed by atoms with Crippen molar-refractivity contribution in [3.63, 3.8) is 0 Å². The fourth-order valence-electron chi connectivity index (χ4n) is 1.66. The molecule has 0 aliphatic heterocycles. The third-order valence-electron chi connectivity index (χ3n) is 2.86. The fourth-order valence-corrected chi connectivity index (χ4v) is 1.66. The zero-order valence-electron chi connectivity index (χ0n) is 12.2. The van der Waals surface area contributed by atoms with Crippen molar-refractivity contribution >= 4 is 12.4 Å². The number of carbonyl (C=O) groups excluding carboxylic acids is 1. The van der Waals surface area contributed by atoms with Crippen LogP contribution in [0.3, 0.4) is 0 Å². The van der Waals surface area contributed by atoms with Crippen molar-refractivity contribution < 1.29 is 9.53 Å². The predicted octanol–water partition coefficient (Wildman–Crippen LogP) is 4.24. The average Bonchev–Trinajstić information content (AvgIpc) is 2.41. The molecule has 2 nitrogen and oxygen atoms in total. The first-order valence-corrected chi connectivity index (χ1v) is 6.87. The molecule has 2 heteroatoms. The van der Waals surface area contributed by atoms with Crippen LogP contribution in [0.2, 0.25) is 0 Å². The molecule has 0 heterocycles. The highest BCUT2D eigenvalue weighted by Crippen LogP contribution is 2.16. The first-order valence-electron chi connectivity index (χ1n) is 6.87. The van der Waals surface area contributed by atoms with E-state index in [9.17, 15) is 4.79 Å². The molecule has 0 amide bonds. The van der Waals surface area contributed by atoms with E-state index in [0.29, 0.717) is 13.2 Å². The van der Waals surface area contributed by atoms with Crippen LogP contribution in [0.4, 0.5) is 0 Å². The van der Waals surface area contributed by atoms with E-state index >= 15 is 0 Å². The Bertz CT molecular complexity index is 419. The fraction of sp³-hybridized carbons (Fsp3) is 0.471. The molecule has 0 bridgehead atoms. The van der Waals surface area contributed by atoms with Crippen LogP contribution in [-0.2, 0) is 16.1 Å². The zero-order valence-corrected chi connectivity index (χ0v) is 12.2. The summed E-state index contributed by atoms with van der Waals surface area (Å²) in [4.78, 5) is 10.8. The summed E-state index contributed by atoms with van der Waals surface area (Å²) in [7, 11) is 0. The Morgan fingerprint density at radius 1 is 1.26 bits per heavy atom. The lowest BCUT2D eigenvalue weighted by Crippen LogP contribution is -2.20. The summed E-state index contributed by atoms with van der Waals surface area (Å²) >= 11 is 0. The molecule has 1 aromatic carbocycles. The molecule has 0 spiro atoms. The Morgan fingerprint density at radius 3 is 2.68 bits per heavy atom. The van der Waals surface area contributed by atoms with Gasteiger partial charge in [-0.05, 0) is 17.5 Å². The summed E-state index contributed by atoms with van der Waals surface area (Å²) < 4.78 is 5.66. The van der Waals surface area contributed by atoms with Gasteiger partial charge in [-0.15, -0.1) is 0 Å². The van der Waals surface area contributed by atoms with E-state index in [1.165, 1.54) is 5.56 Å². The Kier molecular flexibility index (Phi) is 6.51. The average molecular weight is 260 g/mol. The van der Waals surface area contributed by atoms with Crippen LogP contribution in [-0.4, -0.2) is 12.9 Å². The Hall–Kier alpha value is -1.41. The van der Waals surface area contributed by atoms with Gasteiger partial charge < -0.3 is 9.53 Å². The zero-order chi connectivity index (χ0) is 14.1. The second-order valence-corrected chi connectivity index (χ2v) is 5.49. The van der Waals surface area contributed by atoms with Crippen molar-refractivity contribution in [2.45, 2.75) is 40.2 Å². The summed E-state index contributed by atoms with van der Waals surface area (Å²) in [6, 6.07) is 8.21. The highest BCUT2D eigenvalue weighted by atomic mass is 16.5. The first-order chi connectivity index (χ1) is 9.09. The maximum atomic E-state index is 10.8. The van der Waals surface area contributed by atoms with Crippen molar-refractivity contribution in [1.29, 1.82) is 0 Å². The molecule has 0 atom stereocenters. The number of benzene rings is 1. The van der Waals surface area contributed by atoms with E-state index in [-0.39, 0.29) is 0 Å². The summed E-state index contributed by atoms with van der Waals surface area (Å²) in [6.07, 6.45) is 7.53. The summed E-state index contributed by atoms with van der Waals surface area (Å²) in [5.41, 5.74) is 1.95. The Morgan fingerprint density at radius 2 is 2.00 bits per heavy atom. The van der Waals surface area contributed by atoms with Gasteiger partial charge in [0.2, 0.25) is 0 Å². The number of rotatable bonds is 8. The number of allylic oxidation sites excluding steroid dienone is 1. The highest BCUT2D eigenvalue weighted by molar-refractivity contribution is 5.58. The Labute approximate surface area is 116 Å². The normalized spacial score (nSPS) is 11.9. The molecule has 1 rings (SSSR count). The topological polar surface area (TPSA) is 26.3 Å². The molecule has 0 aliphatic rings. The van der Waals surface area contributed by atoms with Gasteiger partial charge in [0.05, 0.1) is 13.2 Å². The van der Waals surface area contributed by atoms with Gasteiger partial charge in [0.25, 0.3) is 0 Å². The van der Waals surface area contributed by atoms with E-state index in [4.69, 9.17) is 4.74 Å². The number of hydrogen-bond acceptors (Lipinski definition) is 2. The molecule has 0 aromatic heterocycles. The van der Waals surface area contributed by atoms with Crippen LogP contribution >= 0.6 is 0 Å². The van der Waals surface area contributed by atoms with Crippen molar-refractivity contribution in [3.8, 4) is 0 Å². The van der Waals surface area contributed by atoms with Gasteiger partial charge in [0.15, 0.2) is 0 Å². The standard InChI is InChI=1S/C17H24O2/c1-4-5-6-9-15-10-7-8-11-16(15)12-19-14-17(2,3)13-18/h6-11,13H,4-5,12,14H2,1-3H3/b9-6+. The number of hydrogen-bond donors (Lipinski definition) is 0. The largest absolute Gasteiger partial charge is 0.376 e. The van der Waals surface area contributed by atoms with Crippen LogP contribution in [0.25, 0.3) is 6.08 Å². The summed E-state index contributed by atoms with van der Waals surface area (Å²) in [6.45, 7) is 6.92. The minimum atomic E-state index is -0.410. The number of ether oxygens (including phenoxy) is 1. The molecule has 0 saturated heterocycles. The van der Waals surface area contributed by atoms with Gasteiger partial charge >= 0.3 is 0 Å². The van der Waals surface area contributed by atoms with Gasteiger partial charge in [-0.3, -0.25) is 0 Å². The lowest BCUT2D eigenvalue weighted by Gasteiger charge is -2.17. The first kappa shape index (κ1) is 15.6. The number of unbranched alkanes of at least 4 members (excludes halogenated alkanes) is 1. The molecule has 1 aromatic rings. The van der Waals surface area contributed by atoms with E-state index in [1.54, 1.807) is 0 Å². The molecule has 19 heavy (non-hydrogen) atoms. The van der Waals surface area contributed by atoms with Crippen LogP contribution in [0.15, 0.2) is 30.3 Å². The molecule has 0 N–H and O–H groups in total. The molecule has 0 saturated carbocycles. The SMILES string of the molecule is CCC/C=C/c1ccccc1COCC(C)(C)C=O. The lowest BCUT2D eigenvalue weighted by atomic mass is 9.97. The molecular weight excluding hydrogens is 236 g/mol. The summed E-state index contributed by atoms with van der Waals surface area (Å²) in [5.74, 6) is 0. The monoisotopic (exact) mass is 260 g/mol. The molecule has 104 valence electrons. The number of aldehydes is 1. The second-order valence-electron chi connectivity index (χ2n) is 5.49. The Balaban J connectivity index is 2.60.